The van der Waals surface area contributed by atoms with Crippen LogP contribution in [-0.2, 0) is 6.42 Å². The molecule has 3 nitrogen and oxygen atoms in total. The van der Waals surface area contributed by atoms with Crippen LogP contribution in [0.1, 0.15) is 17.3 Å². The number of H-pyrrole nitrogens is 1. The number of benzene rings is 1. The molecule has 0 radical (unpaired) electrons. The molecule has 18 heavy (non-hydrogen) atoms. The van der Waals surface area contributed by atoms with E-state index in [0.29, 0.717) is 6.54 Å². The normalized spacial score (nSPS) is 12.0. The molecule has 4 heteroatoms. The molecule has 0 bridgehead atoms. The molecule has 1 atom stereocenters. The van der Waals surface area contributed by atoms with Crippen LogP contribution in [-0.4, -0.2) is 11.5 Å². The maximum Gasteiger partial charge on any atom is 0.136 e. The summed E-state index contributed by atoms with van der Waals surface area (Å²) in [5.41, 5.74) is 1.91. The van der Waals surface area contributed by atoms with Crippen LogP contribution >= 0.6 is 0 Å². The van der Waals surface area contributed by atoms with Crippen molar-refractivity contribution in [2.24, 2.45) is 0 Å². The lowest BCUT2D eigenvalue weighted by Gasteiger charge is -2.09. The molecule has 2 N–H and O–H groups in total. The highest BCUT2D eigenvalue weighted by atomic mass is 19.1. The Hall–Kier alpha value is -2.12. The summed E-state index contributed by atoms with van der Waals surface area (Å²) in [6, 6.07) is 12.0. The number of aromatic amines is 1. The van der Waals surface area contributed by atoms with Crippen LogP contribution in [0.25, 0.3) is 0 Å². The molecule has 1 heterocycles. The Morgan fingerprint density at radius 3 is 2.67 bits per heavy atom. The molecule has 92 valence electrons. The second-order valence-corrected chi connectivity index (χ2v) is 4.02. The minimum atomic E-state index is -0.333. The first-order valence-corrected chi connectivity index (χ1v) is 5.80. The summed E-state index contributed by atoms with van der Waals surface area (Å²) in [4.78, 5) is 3.01. The van der Waals surface area contributed by atoms with Crippen molar-refractivity contribution in [1.82, 2.24) is 10.3 Å². The van der Waals surface area contributed by atoms with Gasteiger partial charge in [-0.05, 0) is 36.2 Å². The van der Waals surface area contributed by atoms with E-state index in [9.17, 15) is 4.39 Å². The lowest BCUT2D eigenvalue weighted by molar-refractivity contribution is 0.614. The first-order chi connectivity index (χ1) is 8.79. The SMILES string of the molecule is N#CC(NCCc1ccc(F)cc1)c1ccc[nH]1. The van der Waals surface area contributed by atoms with Crippen LogP contribution in [0.5, 0.6) is 0 Å². The Morgan fingerprint density at radius 1 is 1.28 bits per heavy atom. The molecule has 1 unspecified atom stereocenters. The van der Waals surface area contributed by atoms with Crippen molar-refractivity contribution in [3.63, 3.8) is 0 Å². The molecule has 0 aliphatic rings. The number of nitrogens with one attached hydrogen (secondary N) is 2. The van der Waals surface area contributed by atoms with E-state index >= 15 is 0 Å². The van der Waals surface area contributed by atoms with Gasteiger partial charge in [0.25, 0.3) is 0 Å². The van der Waals surface area contributed by atoms with Crippen molar-refractivity contribution in [2.75, 3.05) is 6.54 Å². The van der Waals surface area contributed by atoms with Crippen molar-refractivity contribution in [2.45, 2.75) is 12.5 Å². The third kappa shape index (κ3) is 3.19. The van der Waals surface area contributed by atoms with Gasteiger partial charge >= 0.3 is 0 Å². The van der Waals surface area contributed by atoms with Crippen molar-refractivity contribution in [1.29, 1.82) is 5.26 Å². The van der Waals surface area contributed by atoms with Gasteiger partial charge in [0.05, 0.1) is 6.07 Å². The molecule has 0 saturated carbocycles. The molecular formula is C14H14FN3. The Morgan fingerprint density at radius 2 is 2.06 bits per heavy atom. The van der Waals surface area contributed by atoms with Crippen molar-refractivity contribution < 1.29 is 4.39 Å². The molecule has 0 spiro atoms. The third-order valence-corrected chi connectivity index (χ3v) is 2.74. The van der Waals surface area contributed by atoms with E-state index in [1.54, 1.807) is 18.3 Å². The predicted octanol–water partition coefficient (Wildman–Crippen LogP) is 2.55. The molecule has 0 saturated heterocycles. The fourth-order valence-electron chi connectivity index (χ4n) is 1.76. The van der Waals surface area contributed by atoms with Gasteiger partial charge in [-0.1, -0.05) is 12.1 Å². The highest BCUT2D eigenvalue weighted by Gasteiger charge is 2.09. The molecule has 0 aliphatic heterocycles. The molecule has 0 amide bonds. The van der Waals surface area contributed by atoms with Crippen LogP contribution < -0.4 is 5.32 Å². The fourth-order valence-corrected chi connectivity index (χ4v) is 1.76. The number of nitrogens with zero attached hydrogens (tertiary/aromatic N) is 1. The van der Waals surface area contributed by atoms with Gasteiger partial charge in [-0.15, -0.1) is 0 Å². The van der Waals surface area contributed by atoms with E-state index in [1.807, 2.05) is 12.1 Å². The third-order valence-electron chi connectivity index (χ3n) is 2.74. The first kappa shape index (κ1) is 12.3. The minimum absolute atomic E-state index is 0.229. The molecule has 0 fully saturated rings. The maximum absolute atomic E-state index is 12.7. The molecule has 2 rings (SSSR count). The zero-order chi connectivity index (χ0) is 12.8. The van der Waals surface area contributed by atoms with Crippen LogP contribution in [0.15, 0.2) is 42.6 Å². The Balaban J connectivity index is 1.85. The Kier molecular flexibility index (Phi) is 4.11. The van der Waals surface area contributed by atoms with Gasteiger partial charge in [-0.25, -0.2) is 4.39 Å². The molecule has 1 aromatic carbocycles. The van der Waals surface area contributed by atoms with E-state index in [-0.39, 0.29) is 11.9 Å². The number of hydrogen-bond donors (Lipinski definition) is 2. The minimum Gasteiger partial charge on any atom is -0.363 e. The van der Waals surface area contributed by atoms with Gasteiger partial charge in [0.1, 0.15) is 11.9 Å². The summed E-state index contributed by atoms with van der Waals surface area (Å²) in [5, 5.41) is 12.2. The van der Waals surface area contributed by atoms with Gasteiger partial charge in [-0.3, -0.25) is 5.32 Å². The number of hydrogen-bond acceptors (Lipinski definition) is 2. The maximum atomic E-state index is 12.7. The van der Waals surface area contributed by atoms with E-state index in [0.717, 1.165) is 17.7 Å². The summed E-state index contributed by atoms with van der Waals surface area (Å²) >= 11 is 0. The number of nitriles is 1. The highest BCUT2D eigenvalue weighted by molar-refractivity contribution is 5.18. The van der Waals surface area contributed by atoms with E-state index < -0.39 is 0 Å². The predicted molar refractivity (Wildman–Crippen MR) is 67.3 cm³/mol. The summed E-state index contributed by atoms with van der Waals surface area (Å²) in [7, 11) is 0. The monoisotopic (exact) mass is 243 g/mol. The van der Waals surface area contributed by atoms with Crippen LogP contribution in [0.2, 0.25) is 0 Å². The van der Waals surface area contributed by atoms with Gasteiger partial charge in [-0.2, -0.15) is 5.26 Å². The summed E-state index contributed by atoms with van der Waals surface area (Å²) in [6.07, 6.45) is 2.56. The zero-order valence-electron chi connectivity index (χ0n) is 9.86. The first-order valence-electron chi connectivity index (χ1n) is 5.80. The van der Waals surface area contributed by atoms with Crippen molar-refractivity contribution in [3.8, 4) is 6.07 Å². The second-order valence-electron chi connectivity index (χ2n) is 4.02. The summed E-state index contributed by atoms with van der Waals surface area (Å²) < 4.78 is 12.7. The quantitative estimate of drug-likeness (QED) is 0.848. The standard InChI is InChI=1S/C14H14FN3/c15-12-5-3-11(4-6-12)7-9-18-14(10-16)13-2-1-8-17-13/h1-6,8,14,17-18H,7,9H2. The van der Waals surface area contributed by atoms with Crippen LogP contribution in [0, 0.1) is 17.1 Å². The Bertz CT molecular complexity index is 511. The van der Waals surface area contributed by atoms with E-state index in [2.05, 4.69) is 16.4 Å². The molecule has 1 aromatic heterocycles. The second kappa shape index (κ2) is 5.99. The largest absolute Gasteiger partial charge is 0.363 e. The average Bonchev–Trinajstić information content (AvgIpc) is 2.91. The number of aromatic nitrogens is 1. The average molecular weight is 243 g/mol. The lowest BCUT2D eigenvalue weighted by Crippen LogP contribution is -2.22. The van der Waals surface area contributed by atoms with Gasteiger partial charge in [0.15, 0.2) is 0 Å². The fraction of sp³-hybridized carbons (Fsp3) is 0.214. The van der Waals surface area contributed by atoms with Gasteiger partial charge in [0.2, 0.25) is 0 Å². The smallest absolute Gasteiger partial charge is 0.136 e. The molecule has 0 aliphatic carbocycles. The van der Waals surface area contributed by atoms with Crippen molar-refractivity contribution in [3.05, 3.63) is 59.7 Å². The molecular weight excluding hydrogens is 229 g/mol. The van der Waals surface area contributed by atoms with Crippen LogP contribution in [0.3, 0.4) is 0 Å². The van der Waals surface area contributed by atoms with E-state index in [1.165, 1.54) is 12.1 Å². The van der Waals surface area contributed by atoms with Crippen molar-refractivity contribution >= 4 is 0 Å². The number of rotatable bonds is 5. The number of halogens is 1. The topological polar surface area (TPSA) is 51.6 Å². The summed E-state index contributed by atoms with van der Waals surface area (Å²) in [6.45, 7) is 0.670. The lowest BCUT2D eigenvalue weighted by atomic mass is 10.1. The Labute approximate surface area is 105 Å². The van der Waals surface area contributed by atoms with E-state index in [4.69, 9.17) is 5.26 Å². The molecule has 2 aromatic rings. The summed E-state index contributed by atoms with van der Waals surface area (Å²) in [5.74, 6) is -0.229. The van der Waals surface area contributed by atoms with Crippen LogP contribution in [0.4, 0.5) is 4.39 Å². The highest BCUT2D eigenvalue weighted by Crippen LogP contribution is 2.09. The van der Waals surface area contributed by atoms with Gasteiger partial charge < -0.3 is 4.98 Å². The van der Waals surface area contributed by atoms with Gasteiger partial charge in [0, 0.05) is 18.4 Å². The zero-order valence-corrected chi connectivity index (χ0v) is 9.86.